The predicted molar refractivity (Wildman–Crippen MR) is 55.7 cm³/mol. The van der Waals surface area contributed by atoms with Gasteiger partial charge in [0.15, 0.2) is 5.52 Å². The van der Waals surface area contributed by atoms with Crippen molar-refractivity contribution in [2.75, 3.05) is 5.73 Å². The van der Waals surface area contributed by atoms with Crippen LogP contribution < -0.4 is 5.73 Å². The molecule has 1 heterocycles. The van der Waals surface area contributed by atoms with Crippen LogP contribution in [0.2, 0.25) is 5.02 Å². The zero-order valence-electron chi connectivity index (χ0n) is 6.73. The molecule has 0 atom stereocenters. The van der Waals surface area contributed by atoms with E-state index in [1.807, 2.05) is 0 Å². The first-order chi connectivity index (χ1) is 6.59. The molecule has 0 spiro atoms. The van der Waals surface area contributed by atoms with E-state index in [0.717, 1.165) is 11.5 Å². The molecule has 2 rings (SSSR count). The molecule has 0 unspecified atom stereocenters. The number of halogens is 1. The van der Waals surface area contributed by atoms with Crippen LogP contribution in [-0.4, -0.2) is 9.30 Å². The van der Waals surface area contributed by atoms with E-state index in [1.165, 1.54) is 6.07 Å². The maximum atomic E-state index is 10.6. The van der Waals surface area contributed by atoms with E-state index in [0.29, 0.717) is 15.9 Å². The molecule has 2 aromatic rings. The summed E-state index contributed by atoms with van der Waals surface area (Å²) in [6.45, 7) is 0. The summed E-state index contributed by atoms with van der Waals surface area (Å²) in [5.41, 5.74) is 5.77. The van der Waals surface area contributed by atoms with E-state index >= 15 is 0 Å². The highest BCUT2D eigenvalue weighted by molar-refractivity contribution is 7.11. The summed E-state index contributed by atoms with van der Waals surface area (Å²) in [6.07, 6.45) is 0. The van der Waals surface area contributed by atoms with E-state index in [9.17, 15) is 10.1 Å². The van der Waals surface area contributed by atoms with Crippen molar-refractivity contribution in [2.45, 2.75) is 0 Å². The summed E-state index contributed by atoms with van der Waals surface area (Å²) in [6, 6.07) is 2.84. The second-order valence-electron chi connectivity index (χ2n) is 2.63. The average Bonchev–Trinajstić information content (AvgIpc) is 2.47. The van der Waals surface area contributed by atoms with E-state index in [-0.39, 0.29) is 10.7 Å². The van der Waals surface area contributed by atoms with Gasteiger partial charge in [-0.05, 0) is 17.6 Å². The molecule has 0 fully saturated rings. The number of fused-ring (bicyclic) bond motifs is 1. The van der Waals surface area contributed by atoms with Gasteiger partial charge in [0.2, 0.25) is 0 Å². The first-order valence-corrected chi connectivity index (χ1v) is 4.73. The summed E-state index contributed by atoms with van der Waals surface area (Å²) in [5.74, 6) is 0. The van der Waals surface area contributed by atoms with Crippen molar-refractivity contribution in [3.05, 3.63) is 27.3 Å². The Bertz CT molecular complexity index is 525. The lowest BCUT2D eigenvalue weighted by Crippen LogP contribution is -1.89. The standard InChI is InChI=1S/C7H4ClN3O2S/c8-3-1-4-6(10-14-7(4)9)5(2-3)11(12)13/h1-2H,9H2. The summed E-state index contributed by atoms with van der Waals surface area (Å²) in [4.78, 5) is 10.1. The SMILES string of the molecule is Nc1snc2c([N+](=O)[O-])cc(Cl)cc12. The quantitative estimate of drug-likeness (QED) is 0.601. The van der Waals surface area contributed by atoms with Crippen molar-refractivity contribution in [2.24, 2.45) is 0 Å². The van der Waals surface area contributed by atoms with Gasteiger partial charge in [-0.1, -0.05) is 11.6 Å². The van der Waals surface area contributed by atoms with Crippen molar-refractivity contribution < 1.29 is 4.92 Å². The maximum Gasteiger partial charge on any atom is 0.298 e. The van der Waals surface area contributed by atoms with Gasteiger partial charge in [0.1, 0.15) is 5.00 Å². The normalized spacial score (nSPS) is 10.6. The lowest BCUT2D eigenvalue weighted by molar-refractivity contribution is -0.383. The molecule has 2 N–H and O–H groups in total. The van der Waals surface area contributed by atoms with Crippen LogP contribution in [0, 0.1) is 10.1 Å². The van der Waals surface area contributed by atoms with Crippen LogP contribution in [0.1, 0.15) is 0 Å². The third-order valence-electron chi connectivity index (χ3n) is 1.75. The molecule has 1 aromatic heterocycles. The van der Waals surface area contributed by atoms with Crippen LogP contribution in [0.4, 0.5) is 10.7 Å². The fourth-order valence-corrected chi connectivity index (χ4v) is 2.00. The molecule has 0 amide bonds. The molecule has 0 aliphatic rings. The van der Waals surface area contributed by atoms with Gasteiger partial charge >= 0.3 is 0 Å². The number of aromatic nitrogens is 1. The van der Waals surface area contributed by atoms with E-state index in [1.54, 1.807) is 6.07 Å². The van der Waals surface area contributed by atoms with Crippen molar-refractivity contribution in [1.29, 1.82) is 0 Å². The van der Waals surface area contributed by atoms with Crippen LogP contribution in [-0.2, 0) is 0 Å². The highest BCUT2D eigenvalue weighted by Crippen LogP contribution is 2.34. The zero-order valence-corrected chi connectivity index (χ0v) is 8.30. The fourth-order valence-electron chi connectivity index (χ4n) is 1.15. The van der Waals surface area contributed by atoms with Gasteiger partial charge in [-0.2, -0.15) is 4.37 Å². The predicted octanol–water partition coefficient (Wildman–Crippen LogP) is 2.44. The Balaban J connectivity index is 2.88. The highest BCUT2D eigenvalue weighted by atomic mass is 35.5. The maximum absolute atomic E-state index is 10.6. The summed E-state index contributed by atoms with van der Waals surface area (Å²) >= 11 is 6.74. The van der Waals surface area contributed by atoms with Crippen LogP contribution in [0.15, 0.2) is 12.1 Å². The molecule has 1 aromatic carbocycles. The molecular formula is C7H4ClN3O2S. The Kier molecular flexibility index (Phi) is 2.01. The number of nitrogen functional groups attached to an aromatic ring is 1. The number of hydrogen-bond acceptors (Lipinski definition) is 5. The first-order valence-electron chi connectivity index (χ1n) is 3.58. The number of hydrogen-bond donors (Lipinski definition) is 1. The number of rotatable bonds is 1. The van der Waals surface area contributed by atoms with E-state index in [4.69, 9.17) is 17.3 Å². The Hall–Kier alpha value is -1.40. The van der Waals surface area contributed by atoms with Crippen molar-refractivity contribution in [3.8, 4) is 0 Å². The van der Waals surface area contributed by atoms with Crippen molar-refractivity contribution in [3.63, 3.8) is 0 Å². The molecule has 0 aliphatic heterocycles. The molecular weight excluding hydrogens is 226 g/mol. The number of non-ortho nitro benzene ring substituents is 1. The van der Waals surface area contributed by atoms with Gasteiger partial charge in [0.05, 0.1) is 4.92 Å². The zero-order chi connectivity index (χ0) is 10.3. The minimum atomic E-state index is -0.520. The van der Waals surface area contributed by atoms with Crippen LogP contribution >= 0.6 is 23.1 Å². The van der Waals surface area contributed by atoms with Crippen LogP contribution in [0.25, 0.3) is 10.9 Å². The van der Waals surface area contributed by atoms with Gasteiger partial charge in [-0.15, -0.1) is 0 Å². The number of nitrogens with zero attached hydrogens (tertiary/aromatic N) is 2. The van der Waals surface area contributed by atoms with Crippen LogP contribution in [0.3, 0.4) is 0 Å². The van der Waals surface area contributed by atoms with Gasteiger partial charge in [-0.3, -0.25) is 10.1 Å². The highest BCUT2D eigenvalue weighted by Gasteiger charge is 2.17. The molecule has 72 valence electrons. The van der Waals surface area contributed by atoms with Gasteiger partial charge in [0, 0.05) is 16.5 Å². The Labute approximate surface area is 87.4 Å². The third kappa shape index (κ3) is 1.28. The lowest BCUT2D eigenvalue weighted by Gasteiger charge is -1.94. The Morgan fingerprint density at radius 1 is 1.57 bits per heavy atom. The number of nitrogens with two attached hydrogens (primary N) is 1. The van der Waals surface area contributed by atoms with Crippen LogP contribution in [0.5, 0.6) is 0 Å². The second-order valence-corrected chi connectivity index (χ2v) is 3.87. The average molecular weight is 230 g/mol. The lowest BCUT2D eigenvalue weighted by atomic mass is 10.2. The molecule has 0 saturated heterocycles. The smallest absolute Gasteiger partial charge is 0.298 e. The van der Waals surface area contributed by atoms with E-state index in [2.05, 4.69) is 4.37 Å². The second kappa shape index (κ2) is 3.07. The Morgan fingerprint density at radius 3 is 2.93 bits per heavy atom. The molecule has 0 saturated carbocycles. The van der Waals surface area contributed by atoms with Gasteiger partial charge in [0.25, 0.3) is 5.69 Å². The molecule has 0 bridgehead atoms. The molecule has 0 aliphatic carbocycles. The molecule has 7 heteroatoms. The monoisotopic (exact) mass is 229 g/mol. The topological polar surface area (TPSA) is 82.0 Å². The number of benzene rings is 1. The third-order valence-corrected chi connectivity index (χ3v) is 2.66. The molecule has 5 nitrogen and oxygen atoms in total. The largest absolute Gasteiger partial charge is 0.389 e. The van der Waals surface area contributed by atoms with Crippen molar-refractivity contribution >= 4 is 44.7 Å². The summed E-state index contributed by atoms with van der Waals surface area (Å²) < 4.78 is 3.90. The number of nitro benzene ring substituents is 1. The first kappa shape index (κ1) is 9.17. The summed E-state index contributed by atoms with van der Waals surface area (Å²) in [7, 11) is 0. The summed E-state index contributed by atoms with van der Waals surface area (Å²) in [5, 5.41) is 11.9. The van der Waals surface area contributed by atoms with Crippen molar-refractivity contribution in [1.82, 2.24) is 4.37 Å². The van der Waals surface area contributed by atoms with Gasteiger partial charge in [-0.25, -0.2) is 0 Å². The minimum absolute atomic E-state index is 0.111. The Morgan fingerprint density at radius 2 is 2.29 bits per heavy atom. The number of anilines is 1. The fraction of sp³-hybridized carbons (Fsp3) is 0. The number of nitro groups is 1. The molecule has 0 radical (unpaired) electrons. The molecule has 14 heavy (non-hydrogen) atoms. The minimum Gasteiger partial charge on any atom is -0.389 e. The van der Waals surface area contributed by atoms with E-state index < -0.39 is 4.92 Å². The van der Waals surface area contributed by atoms with Gasteiger partial charge < -0.3 is 5.73 Å².